The van der Waals surface area contributed by atoms with E-state index >= 15 is 0 Å². The van der Waals surface area contributed by atoms with Crippen LogP contribution in [-0.4, -0.2) is 43.0 Å². The number of hydrogen-bond acceptors (Lipinski definition) is 3. The van der Waals surface area contributed by atoms with Crippen molar-refractivity contribution in [3.8, 4) is 0 Å². The highest BCUT2D eigenvalue weighted by molar-refractivity contribution is 6.04. The molecule has 140 valence electrons. The lowest BCUT2D eigenvalue weighted by molar-refractivity contribution is 0.0719. The van der Waals surface area contributed by atoms with Crippen LogP contribution in [0.25, 0.3) is 0 Å². The van der Waals surface area contributed by atoms with Gasteiger partial charge in [0.15, 0.2) is 0 Å². The summed E-state index contributed by atoms with van der Waals surface area (Å²) in [6.07, 6.45) is 2.92. The number of fused-ring (bicyclic) bond motifs is 2. The van der Waals surface area contributed by atoms with Gasteiger partial charge in [-0.3, -0.25) is 9.59 Å². The van der Waals surface area contributed by atoms with Gasteiger partial charge in [-0.15, -0.1) is 0 Å². The van der Waals surface area contributed by atoms with Crippen molar-refractivity contribution in [2.45, 2.75) is 32.4 Å². The average molecular weight is 363 g/mol. The van der Waals surface area contributed by atoms with Crippen LogP contribution in [0.3, 0.4) is 0 Å². The second kappa shape index (κ2) is 7.06. The summed E-state index contributed by atoms with van der Waals surface area (Å²) >= 11 is 0. The minimum Gasteiger partial charge on any atom is -0.354 e. The maximum absolute atomic E-state index is 12.7. The number of nitrogens with zero attached hydrogens (tertiary/aromatic N) is 2. The summed E-state index contributed by atoms with van der Waals surface area (Å²) in [5.74, 6) is -0.0171. The van der Waals surface area contributed by atoms with Crippen LogP contribution in [0.5, 0.6) is 0 Å². The van der Waals surface area contributed by atoms with Gasteiger partial charge in [-0.1, -0.05) is 29.8 Å². The lowest BCUT2D eigenvalue weighted by atomic mass is 10.0. The third-order valence-corrected chi connectivity index (χ3v) is 5.62. The monoisotopic (exact) mass is 363 g/mol. The number of amides is 2. The third-order valence-electron chi connectivity index (χ3n) is 5.62. The number of carbonyl (C=O) groups is 2. The van der Waals surface area contributed by atoms with Crippen molar-refractivity contribution < 1.29 is 9.59 Å². The van der Waals surface area contributed by atoms with E-state index in [0.29, 0.717) is 17.7 Å². The molecule has 4 rings (SSSR count). The molecule has 2 amide bonds. The molecule has 5 nitrogen and oxygen atoms in total. The van der Waals surface area contributed by atoms with Gasteiger partial charge in [0.2, 0.25) is 0 Å². The summed E-state index contributed by atoms with van der Waals surface area (Å²) in [5, 5.41) is 2.99. The summed E-state index contributed by atoms with van der Waals surface area (Å²) in [7, 11) is 2.01. The fourth-order valence-electron chi connectivity index (χ4n) is 4.03. The summed E-state index contributed by atoms with van der Waals surface area (Å²) < 4.78 is 0. The molecule has 5 heteroatoms. The number of benzene rings is 2. The quantitative estimate of drug-likeness (QED) is 0.909. The molecule has 0 saturated carbocycles. The molecular formula is C22H25N3O2. The predicted octanol–water partition coefficient (Wildman–Crippen LogP) is 2.98. The molecular weight excluding hydrogens is 338 g/mol. The summed E-state index contributed by atoms with van der Waals surface area (Å²) in [6, 6.07) is 13.7. The second-order valence-electron chi connectivity index (χ2n) is 7.46. The van der Waals surface area contributed by atoms with Crippen LogP contribution in [0.2, 0.25) is 0 Å². The van der Waals surface area contributed by atoms with Crippen LogP contribution in [0, 0.1) is 6.92 Å². The van der Waals surface area contributed by atoms with E-state index in [9.17, 15) is 9.59 Å². The Morgan fingerprint density at radius 1 is 1.19 bits per heavy atom. The molecule has 0 bridgehead atoms. The van der Waals surface area contributed by atoms with Crippen LogP contribution < -0.4 is 10.2 Å². The number of carbonyl (C=O) groups excluding carboxylic acids is 2. The average Bonchev–Trinajstić information content (AvgIpc) is 3.17. The van der Waals surface area contributed by atoms with Gasteiger partial charge in [-0.2, -0.15) is 0 Å². The van der Waals surface area contributed by atoms with E-state index in [1.807, 2.05) is 18.0 Å². The standard InChI is InChI=1S/C22H25N3O2/c1-15-5-7-16(8-6-15)11-12-23-21(26)17-9-10-18-19(14-17)24(2)20-4-3-13-25(20)22(18)27/h5-10,14,20H,3-4,11-13H2,1-2H3,(H,23,26)/t20-/m1/s1. The van der Waals surface area contributed by atoms with Gasteiger partial charge in [-0.25, -0.2) is 0 Å². The van der Waals surface area contributed by atoms with Crippen molar-refractivity contribution in [2.24, 2.45) is 0 Å². The first-order valence-electron chi connectivity index (χ1n) is 9.56. The molecule has 0 spiro atoms. The smallest absolute Gasteiger partial charge is 0.257 e. The first-order chi connectivity index (χ1) is 13.0. The van der Waals surface area contributed by atoms with E-state index in [0.717, 1.165) is 31.5 Å². The maximum Gasteiger partial charge on any atom is 0.257 e. The normalized spacial score (nSPS) is 18.3. The first kappa shape index (κ1) is 17.6. The molecule has 2 heterocycles. The van der Waals surface area contributed by atoms with Crippen LogP contribution in [0.1, 0.15) is 44.7 Å². The highest BCUT2D eigenvalue weighted by Gasteiger charge is 2.38. The van der Waals surface area contributed by atoms with E-state index in [4.69, 9.17) is 0 Å². The van der Waals surface area contributed by atoms with Crippen LogP contribution >= 0.6 is 0 Å². The molecule has 1 fully saturated rings. The minimum atomic E-state index is -0.0976. The van der Waals surface area contributed by atoms with Gasteiger partial charge < -0.3 is 15.1 Å². The second-order valence-corrected chi connectivity index (χ2v) is 7.46. The van der Waals surface area contributed by atoms with Crippen LogP contribution in [0.15, 0.2) is 42.5 Å². The Kier molecular flexibility index (Phi) is 4.60. The Morgan fingerprint density at radius 2 is 1.96 bits per heavy atom. The zero-order valence-corrected chi connectivity index (χ0v) is 15.9. The molecule has 2 aliphatic heterocycles. The van der Waals surface area contributed by atoms with Gasteiger partial charge in [0.25, 0.3) is 11.8 Å². The molecule has 2 aliphatic rings. The highest BCUT2D eigenvalue weighted by Crippen LogP contribution is 2.35. The molecule has 1 N–H and O–H groups in total. The minimum absolute atomic E-state index is 0.0805. The molecule has 2 aromatic rings. The van der Waals surface area contributed by atoms with Crippen LogP contribution in [0.4, 0.5) is 5.69 Å². The van der Waals surface area contributed by atoms with E-state index in [2.05, 4.69) is 41.4 Å². The van der Waals surface area contributed by atoms with E-state index in [-0.39, 0.29) is 18.0 Å². The number of anilines is 1. The van der Waals surface area contributed by atoms with Crippen molar-refractivity contribution in [1.82, 2.24) is 10.2 Å². The fourth-order valence-corrected chi connectivity index (χ4v) is 4.03. The van der Waals surface area contributed by atoms with Crippen molar-refractivity contribution in [2.75, 3.05) is 25.0 Å². The number of hydrogen-bond donors (Lipinski definition) is 1. The van der Waals surface area contributed by atoms with E-state index in [1.54, 1.807) is 12.1 Å². The number of nitrogens with one attached hydrogen (secondary N) is 1. The molecule has 2 aromatic carbocycles. The molecule has 0 radical (unpaired) electrons. The number of aryl methyl sites for hydroxylation is 1. The third kappa shape index (κ3) is 3.29. The van der Waals surface area contributed by atoms with Crippen molar-refractivity contribution >= 4 is 17.5 Å². The summed E-state index contributed by atoms with van der Waals surface area (Å²) in [5.41, 5.74) is 4.58. The van der Waals surface area contributed by atoms with Gasteiger partial charge in [0.05, 0.1) is 11.3 Å². The molecule has 1 atom stereocenters. The van der Waals surface area contributed by atoms with Gasteiger partial charge in [0.1, 0.15) is 6.17 Å². The fraction of sp³-hybridized carbons (Fsp3) is 0.364. The zero-order chi connectivity index (χ0) is 19.0. The van der Waals surface area contributed by atoms with Gasteiger partial charge >= 0.3 is 0 Å². The van der Waals surface area contributed by atoms with Crippen molar-refractivity contribution in [1.29, 1.82) is 0 Å². The molecule has 27 heavy (non-hydrogen) atoms. The Morgan fingerprint density at radius 3 is 2.74 bits per heavy atom. The van der Waals surface area contributed by atoms with Crippen LogP contribution in [-0.2, 0) is 6.42 Å². The Labute approximate surface area is 160 Å². The Bertz CT molecular complexity index is 876. The van der Waals surface area contributed by atoms with Crippen molar-refractivity contribution in [3.63, 3.8) is 0 Å². The van der Waals surface area contributed by atoms with E-state index < -0.39 is 0 Å². The molecule has 1 saturated heterocycles. The topological polar surface area (TPSA) is 52.7 Å². The lowest BCUT2D eigenvalue weighted by Crippen LogP contribution is -2.50. The van der Waals surface area contributed by atoms with E-state index in [1.165, 1.54) is 11.1 Å². The summed E-state index contributed by atoms with van der Waals surface area (Å²) in [4.78, 5) is 29.3. The SMILES string of the molecule is Cc1ccc(CCNC(=O)c2ccc3c(c2)N(C)[C@H]2CCCN2C3=O)cc1. The lowest BCUT2D eigenvalue weighted by Gasteiger charge is -2.40. The molecule has 0 aromatic heterocycles. The zero-order valence-electron chi connectivity index (χ0n) is 15.9. The molecule has 0 unspecified atom stereocenters. The predicted molar refractivity (Wildman–Crippen MR) is 106 cm³/mol. The number of rotatable bonds is 4. The summed E-state index contributed by atoms with van der Waals surface area (Å²) in [6.45, 7) is 3.47. The molecule has 0 aliphatic carbocycles. The van der Waals surface area contributed by atoms with Crippen molar-refractivity contribution in [3.05, 3.63) is 64.7 Å². The van der Waals surface area contributed by atoms with Gasteiger partial charge in [-0.05, 0) is 49.9 Å². The highest BCUT2D eigenvalue weighted by atomic mass is 16.2. The Balaban J connectivity index is 1.45. The Hall–Kier alpha value is -2.82. The maximum atomic E-state index is 12.7. The van der Waals surface area contributed by atoms with Gasteiger partial charge in [0, 0.05) is 25.7 Å². The first-order valence-corrected chi connectivity index (χ1v) is 9.56. The largest absolute Gasteiger partial charge is 0.354 e.